The first-order chi connectivity index (χ1) is 8.65. The van der Waals surface area contributed by atoms with Crippen LogP contribution in [0.25, 0.3) is 4.85 Å². The molecule has 0 aliphatic rings. The number of aliphatic carboxylic acids is 1. The molecule has 0 fully saturated rings. The maximum atomic E-state index is 11.3. The maximum Gasteiger partial charge on any atom is 0.310 e. The zero-order valence-electron chi connectivity index (χ0n) is 10.1. The lowest BCUT2D eigenvalue weighted by Gasteiger charge is -2.12. The molecule has 0 aromatic heterocycles. The molecule has 1 aromatic rings. The van der Waals surface area contributed by atoms with Gasteiger partial charge >= 0.3 is 5.97 Å². The molecule has 0 radical (unpaired) electrons. The summed E-state index contributed by atoms with van der Waals surface area (Å²) in [5.41, 5.74) is 0.875. The van der Waals surface area contributed by atoms with E-state index in [1.165, 1.54) is 0 Å². The van der Waals surface area contributed by atoms with Crippen LogP contribution in [-0.4, -0.2) is 17.6 Å². The lowest BCUT2D eigenvalue weighted by molar-refractivity contribution is -0.139. The van der Waals surface area contributed by atoms with Gasteiger partial charge in [-0.2, -0.15) is 0 Å². The van der Waals surface area contributed by atoms with Crippen molar-refractivity contribution in [2.45, 2.75) is 31.6 Å². The minimum absolute atomic E-state index is 0.423. The van der Waals surface area contributed by atoms with Crippen LogP contribution < -0.4 is 0 Å². The number of hydrogen-bond acceptors (Lipinski definition) is 1. The molecule has 1 N–H and O–H groups in total. The van der Waals surface area contributed by atoms with Crippen LogP contribution in [0.3, 0.4) is 0 Å². The molecule has 1 rings (SSSR count). The van der Waals surface area contributed by atoms with Crippen molar-refractivity contribution in [1.82, 2.24) is 0 Å². The van der Waals surface area contributed by atoms with Gasteiger partial charge in [0.15, 0.2) is 0 Å². The normalized spacial score (nSPS) is 11.8. The first-order valence-corrected chi connectivity index (χ1v) is 7.04. The standard InChI is InChI=1S/C14H16INO2/c1-16-9-4-2-3-8-13(14(17)18)11-6-5-7-12(15)10-11/h5-7,10,13H,2-4,8-9H2,(H,17,18). The summed E-state index contributed by atoms with van der Waals surface area (Å²) in [5, 5.41) is 9.27. The Balaban J connectivity index is 2.56. The Labute approximate surface area is 121 Å². The monoisotopic (exact) mass is 357 g/mol. The lowest BCUT2D eigenvalue weighted by Crippen LogP contribution is -2.11. The van der Waals surface area contributed by atoms with Crippen molar-refractivity contribution in [2.75, 3.05) is 6.54 Å². The van der Waals surface area contributed by atoms with Crippen LogP contribution in [0.5, 0.6) is 0 Å². The van der Waals surface area contributed by atoms with Crippen LogP contribution in [0.1, 0.15) is 37.2 Å². The fourth-order valence-electron chi connectivity index (χ4n) is 1.87. The number of carboxylic acid groups (broad SMARTS) is 1. The molecular formula is C14H16INO2. The first-order valence-electron chi connectivity index (χ1n) is 5.96. The molecule has 0 saturated carbocycles. The molecule has 1 unspecified atom stereocenters. The van der Waals surface area contributed by atoms with Gasteiger partial charge in [0.05, 0.1) is 5.92 Å². The number of carboxylic acids is 1. The molecule has 1 atom stereocenters. The third kappa shape index (κ3) is 5.05. The number of rotatable bonds is 7. The summed E-state index contributed by atoms with van der Waals surface area (Å²) in [7, 11) is 0. The number of hydrogen-bond donors (Lipinski definition) is 1. The Morgan fingerprint density at radius 1 is 1.39 bits per heavy atom. The first kappa shape index (κ1) is 15.0. The highest BCUT2D eigenvalue weighted by molar-refractivity contribution is 14.1. The summed E-state index contributed by atoms with van der Waals surface area (Å²) in [4.78, 5) is 14.6. The second-order valence-electron chi connectivity index (χ2n) is 4.18. The van der Waals surface area contributed by atoms with Gasteiger partial charge in [0.1, 0.15) is 0 Å². The highest BCUT2D eigenvalue weighted by Gasteiger charge is 2.19. The van der Waals surface area contributed by atoms with Gasteiger partial charge in [-0.3, -0.25) is 4.79 Å². The molecule has 0 aliphatic heterocycles. The minimum Gasteiger partial charge on any atom is -0.481 e. The van der Waals surface area contributed by atoms with E-state index >= 15 is 0 Å². The van der Waals surface area contributed by atoms with Gasteiger partial charge in [-0.25, -0.2) is 6.57 Å². The van der Waals surface area contributed by atoms with Crippen molar-refractivity contribution in [1.29, 1.82) is 0 Å². The number of unbranched alkanes of at least 4 members (excludes halogenated alkanes) is 2. The van der Waals surface area contributed by atoms with Crippen LogP contribution in [0.2, 0.25) is 0 Å². The summed E-state index contributed by atoms with van der Waals surface area (Å²) >= 11 is 2.19. The predicted octanol–water partition coefficient (Wildman–Crippen LogP) is 3.94. The summed E-state index contributed by atoms with van der Waals surface area (Å²) in [6.07, 6.45) is 3.30. The molecule has 1 aromatic carbocycles. The molecule has 0 saturated heterocycles. The van der Waals surface area contributed by atoms with E-state index in [2.05, 4.69) is 27.4 Å². The van der Waals surface area contributed by atoms with Crippen molar-refractivity contribution in [3.8, 4) is 0 Å². The lowest BCUT2D eigenvalue weighted by atomic mass is 9.93. The Bertz CT molecular complexity index is 440. The Hall–Kier alpha value is -1.09. The van der Waals surface area contributed by atoms with Crippen molar-refractivity contribution >= 4 is 28.6 Å². The van der Waals surface area contributed by atoms with Gasteiger partial charge in [-0.1, -0.05) is 18.6 Å². The van der Waals surface area contributed by atoms with E-state index in [4.69, 9.17) is 6.57 Å². The van der Waals surface area contributed by atoms with Gasteiger partial charge in [-0.15, -0.1) is 0 Å². The average Bonchev–Trinajstić information content (AvgIpc) is 2.33. The molecule has 0 heterocycles. The third-order valence-corrected chi connectivity index (χ3v) is 3.48. The molecule has 3 nitrogen and oxygen atoms in total. The van der Waals surface area contributed by atoms with Gasteiger partial charge < -0.3 is 9.95 Å². The van der Waals surface area contributed by atoms with E-state index in [1.54, 1.807) is 0 Å². The summed E-state index contributed by atoms with van der Waals surface area (Å²) < 4.78 is 1.06. The Morgan fingerprint density at radius 2 is 2.17 bits per heavy atom. The zero-order chi connectivity index (χ0) is 13.4. The van der Waals surface area contributed by atoms with Crippen LogP contribution in [0.15, 0.2) is 24.3 Å². The van der Waals surface area contributed by atoms with Gasteiger partial charge in [0, 0.05) is 9.99 Å². The molecule has 18 heavy (non-hydrogen) atoms. The number of carbonyl (C=O) groups is 1. The quantitative estimate of drug-likeness (QED) is 0.456. The molecule has 0 spiro atoms. The molecule has 0 amide bonds. The van der Waals surface area contributed by atoms with E-state index < -0.39 is 11.9 Å². The topological polar surface area (TPSA) is 41.7 Å². The number of nitrogens with zero attached hydrogens (tertiary/aromatic N) is 1. The fraction of sp³-hybridized carbons (Fsp3) is 0.429. The fourth-order valence-corrected chi connectivity index (χ4v) is 2.44. The van der Waals surface area contributed by atoms with Crippen molar-refractivity contribution in [2.24, 2.45) is 0 Å². The number of halogens is 1. The van der Waals surface area contributed by atoms with E-state index in [1.807, 2.05) is 24.3 Å². The number of benzene rings is 1. The van der Waals surface area contributed by atoms with Crippen molar-refractivity contribution in [3.63, 3.8) is 0 Å². The van der Waals surface area contributed by atoms with E-state index in [9.17, 15) is 9.90 Å². The van der Waals surface area contributed by atoms with Gasteiger partial charge in [0.2, 0.25) is 6.54 Å². The van der Waals surface area contributed by atoms with E-state index in [-0.39, 0.29) is 0 Å². The molecular weight excluding hydrogens is 341 g/mol. The smallest absolute Gasteiger partial charge is 0.310 e. The van der Waals surface area contributed by atoms with Gasteiger partial charge in [0.25, 0.3) is 0 Å². The SMILES string of the molecule is [C-]#[N+]CCCCCC(C(=O)O)c1cccc(I)c1. The molecule has 96 valence electrons. The Kier molecular flexibility index (Phi) is 6.73. The second-order valence-corrected chi connectivity index (χ2v) is 5.42. The molecule has 0 aliphatic carbocycles. The summed E-state index contributed by atoms with van der Waals surface area (Å²) in [6.45, 7) is 7.22. The Morgan fingerprint density at radius 3 is 2.78 bits per heavy atom. The predicted molar refractivity (Wildman–Crippen MR) is 79.5 cm³/mol. The highest BCUT2D eigenvalue weighted by atomic mass is 127. The summed E-state index contributed by atoms with van der Waals surface area (Å²) in [5.74, 6) is -1.19. The van der Waals surface area contributed by atoms with Crippen LogP contribution in [0.4, 0.5) is 0 Å². The second kappa shape index (κ2) is 8.09. The molecule has 0 bridgehead atoms. The van der Waals surface area contributed by atoms with E-state index in [0.717, 1.165) is 28.4 Å². The summed E-state index contributed by atoms with van der Waals surface area (Å²) in [6, 6.07) is 7.66. The highest BCUT2D eigenvalue weighted by Crippen LogP contribution is 2.24. The minimum atomic E-state index is -0.762. The van der Waals surface area contributed by atoms with Crippen LogP contribution in [0, 0.1) is 10.1 Å². The third-order valence-electron chi connectivity index (χ3n) is 2.81. The van der Waals surface area contributed by atoms with Crippen LogP contribution in [-0.2, 0) is 4.79 Å². The molecule has 4 heteroatoms. The zero-order valence-corrected chi connectivity index (χ0v) is 12.3. The van der Waals surface area contributed by atoms with Crippen molar-refractivity contribution in [3.05, 3.63) is 44.8 Å². The van der Waals surface area contributed by atoms with Crippen LogP contribution >= 0.6 is 22.6 Å². The largest absolute Gasteiger partial charge is 0.481 e. The van der Waals surface area contributed by atoms with Crippen molar-refractivity contribution < 1.29 is 9.90 Å². The maximum absolute atomic E-state index is 11.3. The average molecular weight is 357 g/mol. The van der Waals surface area contributed by atoms with Gasteiger partial charge in [-0.05, 0) is 53.1 Å². The van der Waals surface area contributed by atoms with E-state index in [0.29, 0.717) is 13.0 Å².